The molecule has 0 atom stereocenters. The van der Waals surface area contributed by atoms with Crippen LogP contribution in [-0.2, 0) is 16.9 Å². The molecule has 1 N–H and O–H groups in total. The molecular formula is C24H27N3O. The summed E-state index contributed by atoms with van der Waals surface area (Å²) in [6.45, 7) is 4.50. The molecule has 2 heterocycles. The van der Waals surface area contributed by atoms with E-state index in [9.17, 15) is 4.79 Å². The van der Waals surface area contributed by atoms with Crippen molar-refractivity contribution >= 4 is 5.91 Å². The number of hydrogen-bond donors (Lipinski definition) is 1. The monoisotopic (exact) mass is 373 g/mol. The molecule has 4 heteroatoms. The molecule has 3 aromatic rings. The van der Waals surface area contributed by atoms with Crippen molar-refractivity contribution < 1.29 is 4.79 Å². The minimum absolute atomic E-state index is 0.0304. The van der Waals surface area contributed by atoms with E-state index >= 15 is 0 Å². The highest BCUT2D eigenvalue weighted by molar-refractivity contribution is 5.74. The summed E-state index contributed by atoms with van der Waals surface area (Å²) in [4.78, 5) is 14.5. The lowest BCUT2D eigenvalue weighted by Crippen LogP contribution is -2.52. The molecule has 1 aliphatic heterocycles. The molecule has 0 unspecified atom stereocenters. The first-order valence-electron chi connectivity index (χ1n) is 9.94. The molecule has 1 fully saturated rings. The highest BCUT2D eigenvalue weighted by Crippen LogP contribution is 2.34. The van der Waals surface area contributed by atoms with Gasteiger partial charge in [0.2, 0.25) is 5.91 Å². The van der Waals surface area contributed by atoms with Crippen molar-refractivity contribution in [2.24, 2.45) is 0 Å². The first-order chi connectivity index (χ1) is 13.6. The Morgan fingerprint density at radius 3 is 2.36 bits per heavy atom. The van der Waals surface area contributed by atoms with Crippen LogP contribution in [0.4, 0.5) is 0 Å². The maximum absolute atomic E-state index is 12.0. The molecule has 1 aliphatic rings. The third-order valence-corrected chi connectivity index (χ3v) is 5.68. The number of nitrogens with zero attached hydrogens (tertiary/aromatic N) is 2. The lowest BCUT2D eigenvalue weighted by atomic mass is 9.80. The van der Waals surface area contributed by atoms with Gasteiger partial charge in [-0.25, -0.2) is 0 Å². The number of rotatable bonds is 5. The van der Waals surface area contributed by atoms with Crippen molar-refractivity contribution in [3.63, 3.8) is 0 Å². The Bertz CT molecular complexity index is 910. The van der Waals surface area contributed by atoms with E-state index in [4.69, 9.17) is 0 Å². The van der Waals surface area contributed by atoms with E-state index in [2.05, 4.69) is 69.4 Å². The lowest BCUT2D eigenvalue weighted by molar-refractivity contribution is -0.121. The van der Waals surface area contributed by atoms with Gasteiger partial charge in [0, 0.05) is 44.6 Å². The topological polar surface area (TPSA) is 37.3 Å². The SMILES string of the molecule is CC(=O)NC1(c2cccc(-n3cccc3)c2)CCN(Cc2ccccc2)CC1. The molecule has 1 amide bonds. The Balaban J connectivity index is 1.55. The second kappa shape index (κ2) is 8.03. The van der Waals surface area contributed by atoms with Crippen LogP contribution in [0.3, 0.4) is 0 Å². The highest BCUT2D eigenvalue weighted by Gasteiger charge is 2.37. The number of carbonyl (C=O) groups is 1. The number of likely N-dealkylation sites (tertiary alicyclic amines) is 1. The van der Waals surface area contributed by atoms with Crippen LogP contribution >= 0.6 is 0 Å². The standard InChI is InChI=1S/C24H27N3O/c1-20(28)25-24(22-10-7-11-23(18-22)27-14-5-6-15-27)12-16-26(17-13-24)19-21-8-3-2-4-9-21/h2-11,14-15,18H,12-13,16-17,19H2,1H3,(H,25,28). The Labute approximate surface area is 166 Å². The third kappa shape index (κ3) is 4.02. The fourth-order valence-corrected chi connectivity index (χ4v) is 4.23. The predicted octanol–water partition coefficient (Wildman–Crippen LogP) is 4.10. The van der Waals surface area contributed by atoms with Gasteiger partial charge in [-0.1, -0.05) is 42.5 Å². The molecule has 28 heavy (non-hydrogen) atoms. The van der Waals surface area contributed by atoms with E-state index in [0.29, 0.717) is 0 Å². The lowest BCUT2D eigenvalue weighted by Gasteiger charge is -2.43. The van der Waals surface area contributed by atoms with E-state index in [-0.39, 0.29) is 11.4 Å². The summed E-state index contributed by atoms with van der Waals surface area (Å²) in [6.07, 6.45) is 5.92. The molecular weight excluding hydrogens is 346 g/mol. The number of hydrogen-bond acceptors (Lipinski definition) is 2. The zero-order valence-corrected chi connectivity index (χ0v) is 16.3. The molecule has 0 aliphatic carbocycles. The normalized spacial score (nSPS) is 16.6. The summed E-state index contributed by atoms with van der Waals surface area (Å²) in [5.74, 6) is 0.0304. The molecule has 2 aromatic carbocycles. The van der Waals surface area contributed by atoms with Gasteiger partial charge in [0.15, 0.2) is 0 Å². The fraction of sp³-hybridized carbons (Fsp3) is 0.292. The molecule has 0 spiro atoms. The molecule has 1 aromatic heterocycles. The van der Waals surface area contributed by atoms with Crippen molar-refractivity contribution in [3.8, 4) is 5.69 Å². The molecule has 0 bridgehead atoms. The summed E-state index contributed by atoms with van der Waals surface area (Å²) in [5.41, 5.74) is 3.35. The number of aromatic nitrogens is 1. The number of carbonyl (C=O) groups excluding carboxylic acids is 1. The smallest absolute Gasteiger partial charge is 0.217 e. The Hall–Kier alpha value is -2.85. The van der Waals surface area contributed by atoms with Gasteiger partial charge in [-0.15, -0.1) is 0 Å². The number of nitrogens with one attached hydrogen (secondary N) is 1. The quantitative estimate of drug-likeness (QED) is 0.731. The summed E-state index contributed by atoms with van der Waals surface area (Å²) in [7, 11) is 0. The van der Waals surface area contributed by atoms with Gasteiger partial charge < -0.3 is 9.88 Å². The molecule has 0 saturated carbocycles. The minimum Gasteiger partial charge on any atom is -0.347 e. The zero-order valence-electron chi connectivity index (χ0n) is 16.3. The van der Waals surface area contributed by atoms with E-state index in [1.807, 2.05) is 24.5 Å². The van der Waals surface area contributed by atoms with Crippen LogP contribution in [0.15, 0.2) is 79.1 Å². The first-order valence-corrected chi connectivity index (χ1v) is 9.94. The highest BCUT2D eigenvalue weighted by atomic mass is 16.1. The van der Waals surface area contributed by atoms with Crippen molar-refractivity contribution in [3.05, 3.63) is 90.3 Å². The van der Waals surface area contributed by atoms with Gasteiger partial charge in [-0.3, -0.25) is 9.69 Å². The van der Waals surface area contributed by atoms with Crippen LogP contribution in [0.25, 0.3) is 5.69 Å². The first kappa shape index (κ1) is 18.5. The van der Waals surface area contributed by atoms with Crippen LogP contribution in [0.2, 0.25) is 0 Å². The summed E-state index contributed by atoms with van der Waals surface area (Å²) in [5, 5.41) is 3.29. The Morgan fingerprint density at radius 1 is 0.964 bits per heavy atom. The van der Waals surface area contributed by atoms with E-state index in [0.717, 1.165) is 38.2 Å². The number of benzene rings is 2. The van der Waals surface area contributed by atoms with Crippen LogP contribution in [-0.4, -0.2) is 28.5 Å². The number of amides is 1. The van der Waals surface area contributed by atoms with Crippen molar-refractivity contribution in [2.45, 2.75) is 31.8 Å². The van der Waals surface area contributed by atoms with E-state index < -0.39 is 0 Å². The Kier molecular flexibility index (Phi) is 5.31. The molecule has 1 saturated heterocycles. The number of piperidine rings is 1. The van der Waals surface area contributed by atoms with Gasteiger partial charge in [0.25, 0.3) is 0 Å². The summed E-state index contributed by atoms with van der Waals surface area (Å²) in [6, 6.07) is 23.2. The van der Waals surface area contributed by atoms with Gasteiger partial charge in [0.05, 0.1) is 5.54 Å². The average molecular weight is 374 g/mol. The maximum Gasteiger partial charge on any atom is 0.217 e. The maximum atomic E-state index is 12.0. The Morgan fingerprint density at radius 2 is 1.68 bits per heavy atom. The van der Waals surface area contributed by atoms with E-state index in [1.54, 1.807) is 6.92 Å². The summed E-state index contributed by atoms with van der Waals surface area (Å²) >= 11 is 0. The van der Waals surface area contributed by atoms with Gasteiger partial charge in [-0.2, -0.15) is 0 Å². The van der Waals surface area contributed by atoms with Gasteiger partial charge in [0.1, 0.15) is 0 Å². The molecule has 144 valence electrons. The van der Waals surface area contributed by atoms with Crippen LogP contribution < -0.4 is 5.32 Å². The molecule has 4 rings (SSSR count). The van der Waals surface area contributed by atoms with E-state index in [1.165, 1.54) is 11.1 Å². The van der Waals surface area contributed by atoms with Crippen LogP contribution in [0, 0.1) is 0 Å². The van der Waals surface area contributed by atoms with Crippen LogP contribution in [0.5, 0.6) is 0 Å². The predicted molar refractivity (Wildman–Crippen MR) is 112 cm³/mol. The second-order valence-corrected chi connectivity index (χ2v) is 7.67. The molecule has 4 nitrogen and oxygen atoms in total. The van der Waals surface area contributed by atoms with Crippen molar-refractivity contribution in [2.75, 3.05) is 13.1 Å². The fourth-order valence-electron chi connectivity index (χ4n) is 4.23. The largest absolute Gasteiger partial charge is 0.347 e. The molecule has 0 radical (unpaired) electrons. The zero-order chi connectivity index (χ0) is 19.4. The second-order valence-electron chi connectivity index (χ2n) is 7.67. The third-order valence-electron chi connectivity index (χ3n) is 5.68. The summed E-state index contributed by atoms with van der Waals surface area (Å²) < 4.78 is 2.11. The minimum atomic E-state index is -0.303. The van der Waals surface area contributed by atoms with Crippen molar-refractivity contribution in [1.29, 1.82) is 0 Å². The van der Waals surface area contributed by atoms with Crippen LogP contribution in [0.1, 0.15) is 30.9 Å². The van der Waals surface area contributed by atoms with Crippen molar-refractivity contribution in [1.82, 2.24) is 14.8 Å². The van der Waals surface area contributed by atoms with Gasteiger partial charge >= 0.3 is 0 Å². The van der Waals surface area contributed by atoms with Gasteiger partial charge in [-0.05, 0) is 48.2 Å². The average Bonchev–Trinajstić information content (AvgIpc) is 3.25.